The van der Waals surface area contributed by atoms with E-state index in [4.69, 9.17) is 10.5 Å². The third-order valence-corrected chi connectivity index (χ3v) is 4.93. The lowest BCUT2D eigenvalue weighted by atomic mass is 9.84. The molecule has 1 aliphatic rings. The van der Waals surface area contributed by atoms with Gasteiger partial charge in [0.25, 0.3) is 0 Å². The van der Waals surface area contributed by atoms with Crippen LogP contribution in [0.2, 0.25) is 0 Å². The maximum Gasteiger partial charge on any atom is 0.0599 e. The van der Waals surface area contributed by atoms with Crippen LogP contribution in [0.3, 0.4) is 0 Å². The van der Waals surface area contributed by atoms with E-state index in [0.717, 1.165) is 51.9 Å². The average Bonchev–Trinajstić information content (AvgIpc) is 2.55. The van der Waals surface area contributed by atoms with Gasteiger partial charge in [-0.2, -0.15) is 0 Å². The molecule has 1 fully saturated rings. The van der Waals surface area contributed by atoms with Crippen molar-refractivity contribution in [2.45, 2.75) is 51.2 Å². The van der Waals surface area contributed by atoms with E-state index in [1.165, 1.54) is 5.56 Å². The fourth-order valence-corrected chi connectivity index (χ4v) is 3.51. The van der Waals surface area contributed by atoms with E-state index in [-0.39, 0.29) is 5.54 Å². The third kappa shape index (κ3) is 4.06. The number of nitrogens with two attached hydrogens (primary N) is 1. The van der Waals surface area contributed by atoms with E-state index in [1.807, 2.05) is 0 Å². The summed E-state index contributed by atoms with van der Waals surface area (Å²) in [5.41, 5.74) is 7.70. The van der Waals surface area contributed by atoms with E-state index >= 15 is 0 Å². The van der Waals surface area contributed by atoms with E-state index in [2.05, 4.69) is 49.1 Å². The highest BCUT2D eigenvalue weighted by Crippen LogP contribution is 2.28. The third-order valence-electron chi connectivity index (χ3n) is 4.93. The maximum atomic E-state index is 6.22. The second-order valence-electron chi connectivity index (χ2n) is 6.09. The minimum Gasteiger partial charge on any atom is -0.378 e. The van der Waals surface area contributed by atoms with E-state index in [9.17, 15) is 0 Å². The van der Waals surface area contributed by atoms with Crippen LogP contribution in [0.4, 0.5) is 0 Å². The molecule has 0 bridgehead atoms. The van der Waals surface area contributed by atoms with Crippen molar-refractivity contribution in [1.29, 1.82) is 0 Å². The molecule has 1 heterocycles. The van der Waals surface area contributed by atoms with Crippen LogP contribution in [0.15, 0.2) is 30.3 Å². The molecule has 21 heavy (non-hydrogen) atoms. The number of piperidine rings is 1. The number of nitrogens with zero attached hydrogens (tertiary/aromatic N) is 1. The van der Waals surface area contributed by atoms with Crippen LogP contribution in [0.25, 0.3) is 0 Å². The van der Waals surface area contributed by atoms with Crippen molar-refractivity contribution in [1.82, 2.24) is 4.90 Å². The van der Waals surface area contributed by atoms with Gasteiger partial charge in [0, 0.05) is 31.8 Å². The average molecular weight is 290 g/mol. The van der Waals surface area contributed by atoms with Gasteiger partial charge in [-0.15, -0.1) is 0 Å². The van der Waals surface area contributed by atoms with Crippen molar-refractivity contribution in [3.05, 3.63) is 35.9 Å². The predicted molar refractivity (Wildman–Crippen MR) is 88.4 cm³/mol. The van der Waals surface area contributed by atoms with Crippen molar-refractivity contribution < 1.29 is 4.74 Å². The molecule has 0 spiro atoms. The zero-order valence-corrected chi connectivity index (χ0v) is 13.6. The van der Waals surface area contributed by atoms with Gasteiger partial charge in [0.15, 0.2) is 0 Å². The molecule has 2 rings (SSSR count). The van der Waals surface area contributed by atoms with Gasteiger partial charge in [0.1, 0.15) is 0 Å². The summed E-state index contributed by atoms with van der Waals surface area (Å²) in [7, 11) is 0. The number of ether oxygens (including phenoxy) is 1. The van der Waals surface area contributed by atoms with E-state index < -0.39 is 0 Å². The molecule has 1 unspecified atom stereocenters. The summed E-state index contributed by atoms with van der Waals surface area (Å²) < 4.78 is 5.77. The molecule has 3 nitrogen and oxygen atoms in total. The second-order valence-corrected chi connectivity index (χ2v) is 6.09. The topological polar surface area (TPSA) is 38.5 Å². The summed E-state index contributed by atoms with van der Waals surface area (Å²) in [5.74, 6) is 0. The molecule has 1 aromatic rings. The molecular weight excluding hydrogens is 260 g/mol. The number of hydrogen-bond acceptors (Lipinski definition) is 3. The van der Waals surface area contributed by atoms with Gasteiger partial charge in [-0.25, -0.2) is 0 Å². The molecular formula is C18H30N2O. The summed E-state index contributed by atoms with van der Waals surface area (Å²) in [4.78, 5) is 2.61. The minimum atomic E-state index is 0.0958. The van der Waals surface area contributed by atoms with Crippen LogP contribution in [-0.2, 0) is 11.2 Å². The Morgan fingerprint density at radius 2 is 1.86 bits per heavy atom. The summed E-state index contributed by atoms with van der Waals surface area (Å²) in [6.45, 7) is 8.09. The number of hydrogen-bond donors (Lipinski definition) is 1. The van der Waals surface area contributed by atoms with Crippen LogP contribution in [0.1, 0.15) is 38.7 Å². The van der Waals surface area contributed by atoms with Crippen LogP contribution >= 0.6 is 0 Å². The zero-order valence-electron chi connectivity index (χ0n) is 13.6. The first-order chi connectivity index (χ1) is 10.2. The highest BCUT2D eigenvalue weighted by atomic mass is 16.5. The summed E-state index contributed by atoms with van der Waals surface area (Å²) in [6.07, 6.45) is 4.84. The molecule has 1 saturated heterocycles. The Labute approximate surface area is 129 Å². The normalized spacial score (nSPS) is 20.3. The Morgan fingerprint density at radius 3 is 2.38 bits per heavy atom. The van der Waals surface area contributed by atoms with Crippen LogP contribution < -0.4 is 5.73 Å². The SMILES string of the molecule is CCOC1CCN(C(CC)(CN)Cc2ccccc2)CC1. The first kappa shape index (κ1) is 16.5. The van der Waals surface area contributed by atoms with Gasteiger partial charge in [-0.05, 0) is 38.2 Å². The van der Waals surface area contributed by atoms with E-state index in [1.54, 1.807) is 0 Å². The lowest BCUT2D eigenvalue weighted by Gasteiger charge is -2.46. The zero-order chi connectivity index (χ0) is 15.1. The monoisotopic (exact) mass is 290 g/mol. The standard InChI is InChI=1S/C18H30N2O/c1-3-18(15-19,14-16-8-6-5-7-9-16)20-12-10-17(11-13-20)21-4-2/h5-9,17H,3-4,10-15,19H2,1-2H3. The Morgan fingerprint density at radius 1 is 1.19 bits per heavy atom. The minimum absolute atomic E-state index is 0.0958. The molecule has 2 N–H and O–H groups in total. The molecule has 1 aliphatic heterocycles. The van der Waals surface area contributed by atoms with Gasteiger partial charge < -0.3 is 10.5 Å². The Hall–Kier alpha value is -0.900. The number of rotatable bonds is 7. The van der Waals surface area contributed by atoms with Crippen LogP contribution in [0.5, 0.6) is 0 Å². The number of benzene rings is 1. The van der Waals surface area contributed by atoms with Crippen molar-refractivity contribution in [3.8, 4) is 0 Å². The molecule has 3 heteroatoms. The predicted octanol–water partition coefficient (Wildman–Crippen LogP) is 2.84. The quantitative estimate of drug-likeness (QED) is 0.839. The molecule has 118 valence electrons. The Kier molecular flexibility index (Phi) is 6.22. The lowest BCUT2D eigenvalue weighted by Crippen LogP contribution is -2.58. The largest absolute Gasteiger partial charge is 0.378 e. The molecule has 0 radical (unpaired) electrons. The van der Waals surface area contributed by atoms with E-state index in [0.29, 0.717) is 6.10 Å². The highest BCUT2D eigenvalue weighted by molar-refractivity contribution is 5.18. The smallest absolute Gasteiger partial charge is 0.0599 e. The van der Waals surface area contributed by atoms with Crippen molar-refractivity contribution >= 4 is 0 Å². The van der Waals surface area contributed by atoms with Gasteiger partial charge in [-0.3, -0.25) is 4.90 Å². The fourth-order valence-electron chi connectivity index (χ4n) is 3.51. The molecule has 0 amide bonds. The van der Waals surface area contributed by atoms with Gasteiger partial charge in [0.2, 0.25) is 0 Å². The van der Waals surface area contributed by atoms with Gasteiger partial charge in [0.05, 0.1) is 6.10 Å². The fraction of sp³-hybridized carbons (Fsp3) is 0.667. The molecule has 0 aromatic heterocycles. The maximum absolute atomic E-state index is 6.22. The van der Waals surface area contributed by atoms with Crippen LogP contribution in [0, 0.1) is 0 Å². The van der Waals surface area contributed by atoms with Crippen molar-refractivity contribution in [2.75, 3.05) is 26.2 Å². The molecule has 1 aromatic carbocycles. The second kappa shape index (κ2) is 7.92. The Bertz CT molecular complexity index is 395. The van der Waals surface area contributed by atoms with Crippen LogP contribution in [-0.4, -0.2) is 42.8 Å². The summed E-state index contributed by atoms with van der Waals surface area (Å²) in [6, 6.07) is 10.7. The number of likely N-dealkylation sites (tertiary alicyclic amines) is 1. The Balaban J connectivity index is 2.04. The first-order valence-electron chi connectivity index (χ1n) is 8.34. The molecule has 0 saturated carbocycles. The highest BCUT2D eigenvalue weighted by Gasteiger charge is 2.36. The molecule has 0 aliphatic carbocycles. The lowest BCUT2D eigenvalue weighted by molar-refractivity contribution is -0.0194. The van der Waals surface area contributed by atoms with Crippen molar-refractivity contribution in [3.63, 3.8) is 0 Å². The van der Waals surface area contributed by atoms with Crippen molar-refractivity contribution in [2.24, 2.45) is 5.73 Å². The molecule has 1 atom stereocenters. The summed E-state index contributed by atoms with van der Waals surface area (Å²) >= 11 is 0. The van der Waals surface area contributed by atoms with Gasteiger partial charge in [-0.1, -0.05) is 37.3 Å². The van der Waals surface area contributed by atoms with Gasteiger partial charge >= 0.3 is 0 Å². The summed E-state index contributed by atoms with van der Waals surface area (Å²) in [5, 5.41) is 0. The first-order valence-corrected chi connectivity index (χ1v) is 8.34.